The highest BCUT2D eigenvalue weighted by Crippen LogP contribution is 2.35. The molecule has 0 amide bonds. The fourth-order valence-electron chi connectivity index (χ4n) is 2.65. The molecule has 0 radical (unpaired) electrons. The first-order valence-corrected chi connectivity index (χ1v) is 8.42. The lowest BCUT2D eigenvalue weighted by molar-refractivity contribution is 0.598. The van der Waals surface area contributed by atoms with Gasteiger partial charge in [0.15, 0.2) is 9.84 Å². The molecule has 1 aliphatic heterocycles. The van der Waals surface area contributed by atoms with Crippen LogP contribution in [0, 0.1) is 0 Å². The zero-order valence-electron chi connectivity index (χ0n) is 11.3. The number of sulfone groups is 1. The molecule has 104 valence electrons. The van der Waals surface area contributed by atoms with Crippen LogP contribution in [0.15, 0.2) is 53.4 Å². The van der Waals surface area contributed by atoms with Crippen molar-refractivity contribution in [1.82, 2.24) is 0 Å². The summed E-state index contributed by atoms with van der Waals surface area (Å²) in [6, 6.07) is 15.2. The Morgan fingerprint density at radius 3 is 2.75 bits per heavy atom. The molecule has 0 aromatic heterocycles. The van der Waals surface area contributed by atoms with Gasteiger partial charge in [0.05, 0.1) is 16.7 Å². The molecule has 1 atom stereocenters. The van der Waals surface area contributed by atoms with E-state index in [2.05, 4.69) is 24.4 Å². The minimum absolute atomic E-state index is 0.128. The lowest BCUT2D eigenvalue weighted by Gasteiger charge is -2.14. The van der Waals surface area contributed by atoms with E-state index in [9.17, 15) is 8.42 Å². The van der Waals surface area contributed by atoms with Gasteiger partial charge in [0.2, 0.25) is 0 Å². The third-order valence-electron chi connectivity index (χ3n) is 3.69. The van der Waals surface area contributed by atoms with Crippen LogP contribution in [-0.2, 0) is 16.3 Å². The van der Waals surface area contributed by atoms with Gasteiger partial charge in [-0.25, -0.2) is 8.42 Å². The minimum Gasteiger partial charge on any atom is -0.377 e. The molecular formula is C16H17NO2S. The Bertz CT molecular complexity index is 738. The molecule has 0 fully saturated rings. The van der Waals surface area contributed by atoms with Crippen LogP contribution in [0.5, 0.6) is 0 Å². The molecule has 2 aromatic carbocycles. The summed E-state index contributed by atoms with van der Waals surface area (Å²) < 4.78 is 24.3. The first-order chi connectivity index (χ1) is 9.60. The highest BCUT2D eigenvalue weighted by atomic mass is 32.2. The zero-order chi connectivity index (χ0) is 14.2. The second kappa shape index (κ2) is 4.94. The van der Waals surface area contributed by atoms with Crippen LogP contribution < -0.4 is 5.32 Å². The molecule has 3 rings (SSSR count). The number of nitrogens with one attached hydrogen (secondary N) is 1. The molecule has 1 heterocycles. The largest absolute Gasteiger partial charge is 0.377 e. The number of aryl methyl sites for hydroxylation is 1. The quantitative estimate of drug-likeness (QED) is 0.943. The van der Waals surface area contributed by atoms with E-state index in [1.165, 1.54) is 5.56 Å². The number of hydrogen-bond acceptors (Lipinski definition) is 3. The summed E-state index contributed by atoms with van der Waals surface area (Å²) in [4.78, 5) is 0.462. The van der Waals surface area contributed by atoms with E-state index in [1.54, 1.807) is 12.1 Å². The molecule has 0 bridgehead atoms. The van der Waals surface area contributed by atoms with E-state index in [0.717, 1.165) is 17.7 Å². The van der Waals surface area contributed by atoms with Gasteiger partial charge in [-0.3, -0.25) is 0 Å². The Morgan fingerprint density at radius 1 is 1.15 bits per heavy atom. The Hall–Kier alpha value is -1.81. The highest BCUT2D eigenvalue weighted by Gasteiger charge is 2.34. The third kappa shape index (κ3) is 2.31. The van der Waals surface area contributed by atoms with Gasteiger partial charge >= 0.3 is 0 Å². The predicted molar refractivity (Wildman–Crippen MR) is 80.7 cm³/mol. The van der Waals surface area contributed by atoms with Gasteiger partial charge in [0, 0.05) is 5.69 Å². The summed E-state index contributed by atoms with van der Waals surface area (Å²) in [5, 5.41) is 3.35. The molecule has 0 saturated carbocycles. The Morgan fingerprint density at radius 2 is 1.95 bits per heavy atom. The monoisotopic (exact) mass is 287 g/mol. The first kappa shape index (κ1) is 13.2. The lowest BCUT2D eigenvalue weighted by Crippen LogP contribution is -2.12. The molecule has 1 N–H and O–H groups in total. The van der Waals surface area contributed by atoms with Crippen molar-refractivity contribution in [2.75, 3.05) is 11.1 Å². The van der Waals surface area contributed by atoms with E-state index in [4.69, 9.17) is 0 Å². The highest BCUT2D eigenvalue weighted by molar-refractivity contribution is 7.91. The smallest absolute Gasteiger partial charge is 0.181 e. The van der Waals surface area contributed by atoms with E-state index in [1.807, 2.05) is 24.3 Å². The number of anilines is 1. The summed E-state index contributed by atoms with van der Waals surface area (Å²) in [6.07, 6.45) is 0.967. The van der Waals surface area contributed by atoms with Gasteiger partial charge in [-0.2, -0.15) is 0 Å². The van der Waals surface area contributed by atoms with Crippen molar-refractivity contribution >= 4 is 15.5 Å². The second-order valence-corrected chi connectivity index (χ2v) is 7.07. The van der Waals surface area contributed by atoms with E-state index in [-0.39, 0.29) is 11.8 Å². The number of rotatable bonds is 3. The van der Waals surface area contributed by atoms with Crippen LogP contribution in [0.25, 0.3) is 0 Å². The Kier molecular flexibility index (Phi) is 3.26. The van der Waals surface area contributed by atoms with E-state index >= 15 is 0 Å². The summed E-state index contributed by atoms with van der Waals surface area (Å²) >= 11 is 0. The van der Waals surface area contributed by atoms with Crippen LogP contribution in [-0.4, -0.2) is 14.2 Å². The van der Waals surface area contributed by atoms with Gasteiger partial charge in [-0.1, -0.05) is 37.3 Å². The van der Waals surface area contributed by atoms with Gasteiger partial charge in [0.25, 0.3) is 0 Å². The SMILES string of the molecule is CCc1cccc(NC2CS(=O)(=O)c3ccccc32)c1. The summed E-state index contributed by atoms with van der Waals surface area (Å²) in [5.41, 5.74) is 3.08. The van der Waals surface area contributed by atoms with Crippen molar-refractivity contribution in [2.24, 2.45) is 0 Å². The predicted octanol–water partition coefficient (Wildman–Crippen LogP) is 3.19. The maximum Gasteiger partial charge on any atom is 0.181 e. The van der Waals surface area contributed by atoms with Crippen molar-refractivity contribution in [3.8, 4) is 0 Å². The van der Waals surface area contributed by atoms with Gasteiger partial charge in [0.1, 0.15) is 0 Å². The topological polar surface area (TPSA) is 46.2 Å². The average molecular weight is 287 g/mol. The second-order valence-electron chi connectivity index (χ2n) is 5.07. The molecule has 1 unspecified atom stereocenters. The average Bonchev–Trinajstić information content (AvgIpc) is 2.71. The minimum atomic E-state index is -3.15. The number of fused-ring (bicyclic) bond motifs is 1. The fourth-order valence-corrected chi connectivity index (χ4v) is 4.39. The van der Waals surface area contributed by atoms with Crippen LogP contribution in [0.3, 0.4) is 0 Å². The Labute approximate surface area is 119 Å². The van der Waals surface area contributed by atoms with Gasteiger partial charge < -0.3 is 5.32 Å². The maximum atomic E-state index is 12.1. The van der Waals surface area contributed by atoms with Crippen molar-refractivity contribution in [1.29, 1.82) is 0 Å². The van der Waals surface area contributed by atoms with Crippen LogP contribution in [0.1, 0.15) is 24.1 Å². The van der Waals surface area contributed by atoms with Crippen LogP contribution >= 0.6 is 0 Å². The summed E-state index contributed by atoms with van der Waals surface area (Å²) in [6.45, 7) is 2.11. The molecule has 0 aliphatic carbocycles. The standard InChI is InChI=1S/C16H17NO2S/c1-2-12-6-5-7-13(10-12)17-15-11-20(18,19)16-9-4-3-8-14(15)16/h3-10,15,17H,2,11H2,1H3. The van der Waals surface area contributed by atoms with Crippen LogP contribution in [0.2, 0.25) is 0 Å². The Balaban J connectivity index is 1.93. The summed E-state index contributed by atoms with van der Waals surface area (Å²) in [7, 11) is -3.15. The van der Waals surface area contributed by atoms with Crippen molar-refractivity contribution in [2.45, 2.75) is 24.3 Å². The molecule has 0 saturated heterocycles. The van der Waals surface area contributed by atoms with E-state index < -0.39 is 9.84 Å². The molecule has 1 aliphatic rings. The number of benzene rings is 2. The fraction of sp³-hybridized carbons (Fsp3) is 0.250. The number of hydrogen-bond donors (Lipinski definition) is 1. The first-order valence-electron chi connectivity index (χ1n) is 6.77. The normalized spacial score (nSPS) is 19.6. The third-order valence-corrected chi connectivity index (χ3v) is 5.51. The molecule has 2 aromatic rings. The van der Waals surface area contributed by atoms with Gasteiger partial charge in [-0.05, 0) is 35.7 Å². The van der Waals surface area contributed by atoms with Gasteiger partial charge in [-0.15, -0.1) is 0 Å². The molecule has 20 heavy (non-hydrogen) atoms. The lowest BCUT2D eigenvalue weighted by atomic mass is 10.1. The molecule has 0 spiro atoms. The zero-order valence-corrected chi connectivity index (χ0v) is 12.2. The molecule has 3 nitrogen and oxygen atoms in total. The van der Waals surface area contributed by atoms with Crippen molar-refractivity contribution in [3.63, 3.8) is 0 Å². The summed E-state index contributed by atoms with van der Waals surface area (Å²) in [5.74, 6) is 0.128. The molecular weight excluding hydrogens is 270 g/mol. The van der Waals surface area contributed by atoms with Crippen LogP contribution in [0.4, 0.5) is 5.69 Å². The van der Waals surface area contributed by atoms with E-state index in [0.29, 0.717) is 4.90 Å². The van der Waals surface area contributed by atoms with Crippen molar-refractivity contribution in [3.05, 3.63) is 59.7 Å². The van der Waals surface area contributed by atoms with Crippen molar-refractivity contribution < 1.29 is 8.42 Å². The molecule has 4 heteroatoms. The maximum absolute atomic E-state index is 12.1.